The van der Waals surface area contributed by atoms with E-state index in [2.05, 4.69) is 24.3 Å². The van der Waals surface area contributed by atoms with Crippen molar-refractivity contribution in [3.63, 3.8) is 0 Å². The summed E-state index contributed by atoms with van der Waals surface area (Å²) in [6.07, 6.45) is 1.62. The third-order valence-electron chi connectivity index (χ3n) is 4.98. The molecule has 2 heteroatoms. The predicted molar refractivity (Wildman–Crippen MR) is 109 cm³/mol. The minimum Gasteiger partial charge on any atom is -0.494 e. The minimum absolute atomic E-state index is 0.113. The molecular weight excluding hydrogens is 332 g/mol. The number of Topliss-reactive ketones (excluding diaryl/α,β-unsaturated/α-hetero) is 1. The number of carbonyl (C=O) groups excluding carboxylic acids is 1. The lowest BCUT2D eigenvalue weighted by atomic mass is 9.79. The molecule has 0 spiro atoms. The number of carbonyl (C=O) groups is 1. The number of rotatable bonds is 5. The summed E-state index contributed by atoms with van der Waals surface area (Å²) in [5.41, 5.74) is 6.11. The number of hydrogen-bond donors (Lipinski definition) is 0. The van der Waals surface area contributed by atoms with Crippen LogP contribution in [0.1, 0.15) is 40.4 Å². The standard InChI is InChI=1S/C25H22O2/c1-2-27-21-15-13-18-14-16-22(25(26)20-11-7-4-8-12-20)24(23(18)17-21)19-9-5-3-6-10-19/h3-13,15,17H,2,14,16H2,1H3. The molecule has 0 aromatic heterocycles. The van der Waals surface area contributed by atoms with Crippen molar-refractivity contribution in [3.8, 4) is 5.75 Å². The molecule has 3 aromatic carbocycles. The van der Waals surface area contributed by atoms with E-state index in [1.807, 2.05) is 61.5 Å². The van der Waals surface area contributed by atoms with Crippen LogP contribution in [0.15, 0.2) is 84.4 Å². The maximum Gasteiger partial charge on any atom is 0.189 e. The van der Waals surface area contributed by atoms with Gasteiger partial charge in [-0.15, -0.1) is 0 Å². The second-order valence-electron chi connectivity index (χ2n) is 6.67. The van der Waals surface area contributed by atoms with Crippen molar-refractivity contribution in [2.75, 3.05) is 6.61 Å². The molecule has 0 amide bonds. The monoisotopic (exact) mass is 354 g/mol. The Morgan fingerprint density at radius 3 is 2.30 bits per heavy atom. The average molecular weight is 354 g/mol. The smallest absolute Gasteiger partial charge is 0.189 e. The maximum absolute atomic E-state index is 13.3. The highest BCUT2D eigenvalue weighted by atomic mass is 16.5. The lowest BCUT2D eigenvalue weighted by Gasteiger charge is -2.24. The highest BCUT2D eigenvalue weighted by Gasteiger charge is 2.25. The number of hydrogen-bond acceptors (Lipinski definition) is 2. The van der Waals surface area contributed by atoms with Crippen molar-refractivity contribution < 1.29 is 9.53 Å². The fourth-order valence-electron chi connectivity index (χ4n) is 3.74. The molecule has 0 N–H and O–H groups in total. The molecule has 0 saturated heterocycles. The van der Waals surface area contributed by atoms with Crippen LogP contribution in [0.4, 0.5) is 0 Å². The zero-order chi connectivity index (χ0) is 18.6. The summed E-state index contributed by atoms with van der Waals surface area (Å²) >= 11 is 0. The van der Waals surface area contributed by atoms with Gasteiger partial charge < -0.3 is 4.74 Å². The van der Waals surface area contributed by atoms with E-state index < -0.39 is 0 Å². The predicted octanol–water partition coefficient (Wildman–Crippen LogP) is 5.72. The number of benzene rings is 3. The highest BCUT2D eigenvalue weighted by molar-refractivity contribution is 6.15. The molecular formula is C25H22O2. The normalized spacial score (nSPS) is 13.2. The Morgan fingerprint density at radius 2 is 1.59 bits per heavy atom. The maximum atomic E-state index is 13.3. The Kier molecular flexibility index (Phi) is 4.88. The van der Waals surface area contributed by atoms with Crippen LogP contribution in [0.3, 0.4) is 0 Å². The van der Waals surface area contributed by atoms with E-state index in [9.17, 15) is 4.79 Å². The van der Waals surface area contributed by atoms with E-state index in [4.69, 9.17) is 4.74 Å². The zero-order valence-corrected chi connectivity index (χ0v) is 15.4. The summed E-state index contributed by atoms with van der Waals surface area (Å²) in [5, 5.41) is 0. The first-order valence-electron chi connectivity index (χ1n) is 9.42. The Morgan fingerprint density at radius 1 is 0.889 bits per heavy atom. The molecule has 0 radical (unpaired) electrons. The second-order valence-corrected chi connectivity index (χ2v) is 6.67. The summed E-state index contributed by atoms with van der Waals surface area (Å²) in [4.78, 5) is 13.3. The minimum atomic E-state index is 0.113. The molecule has 27 heavy (non-hydrogen) atoms. The van der Waals surface area contributed by atoms with Crippen LogP contribution in [0.2, 0.25) is 0 Å². The molecule has 0 bridgehead atoms. The van der Waals surface area contributed by atoms with Gasteiger partial charge in [-0.2, -0.15) is 0 Å². The lowest BCUT2D eigenvalue weighted by Crippen LogP contribution is -2.14. The number of ether oxygens (including phenoxy) is 1. The second kappa shape index (κ2) is 7.63. The fraction of sp³-hybridized carbons (Fsp3) is 0.160. The van der Waals surface area contributed by atoms with Crippen LogP contribution < -0.4 is 4.74 Å². The summed E-state index contributed by atoms with van der Waals surface area (Å²) in [7, 11) is 0. The summed E-state index contributed by atoms with van der Waals surface area (Å²) in [6, 6.07) is 26.0. The number of aryl methyl sites for hydroxylation is 1. The van der Waals surface area contributed by atoms with Crippen molar-refractivity contribution >= 4 is 11.4 Å². The van der Waals surface area contributed by atoms with Gasteiger partial charge in [0.05, 0.1) is 6.61 Å². The molecule has 1 aliphatic rings. The van der Waals surface area contributed by atoms with Gasteiger partial charge >= 0.3 is 0 Å². The number of allylic oxidation sites excluding steroid dienone is 1. The van der Waals surface area contributed by atoms with E-state index in [0.29, 0.717) is 6.61 Å². The SMILES string of the molecule is CCOc1ccc2c(c1)C(c1ccccc1)=C(C(=O)c1ccccc1)CC2. The molecule has 0 aliphatic heterocycles. The Labute approximate surface area is 160 Å². The van der Waals surface area contributed by atoms with E-state index in [1.165, 1.54) is 5.56 Å². The van der Waals surface area contributed by atoms with Gasteiger partial charge in [0.2, 0.25) is 0 Å². The van der Waals surface area contributed by atoms with Gasteiger partial charge in [-0.05, 0) is 54.2 Å². The van der Waals surface area contributed by atoms with Gasteiger partial charge in [0.1, 0.15) is 5.75 Å². The molecule has 134 valence electrons. The summed E-state index contributed by atoms with van der Waals surface area (Å²) in [5.74, 6) is 0.958. The third-order valence-corrected chi connectivity index (χ3v) is 4.98. The van der Waals surface area contributed by atoms with Crippen LogP contribution >= 0.6 is 0 Å². The van der Waals surface area contributed by atoms with Crippen LogP contribution in [0.25, 0.3) is 5.57 Å². The Balaban J connectivity index is 1.92. The topological polar surface area (TPSA) is 26.3 Å². The average Bonchev–Trinajstić information content (AvgIpc) is 2.74. The summed E-state index contributed by atoms with van der Waals surface area (Å²) < 4.78 is 5.73. The van der Waals surface area contributed by atoms with Crippen LogP contribution in [0.5, 0.6) is 5.75 Å². The van der Waals surface area contributed by atoms with Gasteiger partial charge in [-0.1, -0.05) is 66.7 Å². The van der Waals surface area contributed by atoms with Crippen LogP contribution in [-0.2, 0) is 6.42 Å². The van der Waals surface area contributed by atoms with E-state index in [0.717, 1.165) is 46.4 Å². The van der Waals surface area contributed by atoms with Crippen molar-refractivity contribution in [1.29, 1.82) is 0 Å². The van der Waals surface area contributed by atoms with Crippen LogP contribution in [0, 0.1) is 0 Å². The first-order valence-corrected chi connectivity index (χ1v) is 9.42. The zero-order valence-electron chi connectivity index (χ0n) is 15.4. The fourth-order valence-corrected chi connectivity index (χ4v) is 3.74. The van der Waals surface area contributed by atoms with Gasteiger partial charge in [0.15, 0.2) is 5.78 Å². The Hall–Kier alpha value is -3.13. The molecule has 0 fully saturated rings. The summed E-state index contributed by atoms with van der Waals surface area (Å²) in [6.45, 7) is 2.61. The molecule has 4 rings (SSSR count). The largest absolute Gasteiger partial charge is 0.494 e. The molecule has 0 saturated carbocycles. The molecule has 3 aromatic rings. The first kappa shape index (κ1) is 17.3. The molecule has 0 unspecified atom stereocenters. The quantitative estimate of drug-likeness (QED) is 0.548. The van der Waals surface area contributed by atoms with Crippen LogP contribution in [-0.4, -0.2) is 12.4 Å². The van der Waals surface area contributed by atoms with Crippen molar-refractivity contribution in [3.05, 3.63) is 107 Å². The van der Waals surface area contributed by atoms with Gasteiger partial charge in [-0.3, -0.25) is 4.79 Å². The lowest BCUT2D eigenvalue weighted by molar-refractivity contribution is 0.103. The molecule has 2 nitrogen and oxygen atoms in total. The van der Waals surface area contributed by atoms with Crippen molar-refractivity contribution in [2.45, 2.75) is 19.8 Å². The number of ketones is 1. The van der Waals surface area contributed by atoms with E-state index in [-0.39, 0.29) is 5.78 Å². The van der Waals surface area contributed by atoms with Gasteiger partial charge in [-0.25, -0.2) is 0 Å². The van der Waals surface area contributed by atoms with Gasteiger partial charge in [0, 0.05) is 11.1 Å². The van der Waals surface area contributed by atoms with E-state index in [1.54, 1.807) is 0 Å². The first-order chi connectivity index (χ1) is 13.3. The molecule has 0 heterocycles. The van der Waals surface area contributed by atoms with Crippen molar-refractivity contribution in [1.82, 2.24) is 0 Å². The molecule has 0 atom stereocenters. The van der Waals surface area contributed by atoms with Gasteiger partial charge in [0.25, 0.3) is 0 Å². The Bertz CT molecular complexity index is 985. The molecule has 1 aliphatic carbocycles. The van der Waals surface area contributed by atoms with E-state index >= 15 is 0 Å². The number of fused-ring (bicyclic) bond motifs is 1. The van der Waals surface area contributed by atoms with Crippen molar-refractivity contribution in [2.24, 2.45) is 0 Å². The third kappa shape index (κ3) is 3.43. The highest BCUT2D eigenvalue weighted by Crippen LogP contribution is 2.39.